The van der Waals surface area contributed by atoms with Crippen molar-refractivity contribution >= 4 is 23.4 Å². The molecule has 1 aromatic carbocycles. The Labute approximate surface area is 125 Å². The Bertz CT molecular complexity index is 714. The van der Waals surface area contributed by atoms with Gasteiger partial charge in [0.05, 0.1) is 12.3 Å². The van der Waals surface area contributed by atoms with Crippen molar-refractivity contribution < 1.29 is 13.9 Å². The van der Waals surface area contributed by atoms with Gasteiger partial charge < -0.3 is 4.74 Å². The largest absolute Gasteiger partial charge is 0.462 e. The van der Waals surface area contributed by atoms with Crippen molar-refractivity contribution in [3.63, 3.8) is 0 Å². The van der Waals surface area contributed by atoms with Crippen LogP contribution in [0.1, 0.15) is 12.6 Å². The number of hydrogen-bond acceptors (Lipinski definition) is 5. The van der Waals surface area contributed by atoms with Crippen molar-refractivity contribution in [1.82, 2.24) is 4.98 Å². The molecule has 4 nitrogen and oxygen atoms in total. The average molecular weight is 302 g/mol. The summed E-state index contributed by atoms with van der Waals surface area (Å²) in [5, 5.41) is 11.4. The maximum atomic E-state index is 12.9. The number of carbonyl (C=O) groups excluding carboxylic acids is 1. The Morgan fingerprint density at radius 1 is 1.48 bits per heavy atom. The smallest absolute Gasteiger partial charge is 0.348 e. The van der Waals surface area contributed by atoms with Crippen LogP contribution < -0.4 is 0 Å². The number of ether oxygens (including phenoxy) is 1. The summed E-state index contributed by atoms with van der Waals surface area (Å²) in [6.07, 6.45) is 1.38. The summed E-state index contributed by atoms with van der Waals surface area (Å²) in [4.78, 5) is 15.8. The number of nitriles is 1. The fraction of sp³-hybridized carbons (Fsp3) is 0.133. The first-order valence-electron chi connectivity index (χ1n) is 6.14. The van der Waals surface area contributed by atoms with Crippen molar-refractivity contribution in [3.05, 3.63) is 46.7 Å². The van der Waals surface area contributed by atoms with Gasteiger partial charge >= 0.3 is 5.97 Å². The molecule has 1 heterocycles. The van der Waals surface area contributed by atoms with Crippen LogP contribution in [-0.2, 0) is 9.53 Å². The SMILES string of the molecule is CCOC(=O)C(C#N)=Cc1csc(-c2ccc(F)cc2)n1. The molecule has 0 amide bonds. The zero-order valence-electron chi connectivity index (χ0n) is 11.2. The minimum absolute atomic E-state index is 0.104. The minimum atomic E-state index is -0.670. The molecule has 0 spiro atoms. The van der Waals surface area contributed by atoms with Crippen LogP contribution in [0.3, 0.4) is 0 Å². The first kappa shape index (κ1) is 14.9. The fourth-order valence-electron chi connectivity index (χ4n) is 1.57. The van der Waals surface area contributed by atoms with Crippen molar-refractivity contribution in [1.29, 1.82) is 5.26 Å². The van der Waals surface area contributed by atoms with Gasteiger partial charge in [-0.25, -0.2) is 14.2 Å². The molecule has 0 N–H and O–H groups in total. The van der Waals surface area contributed by atoms with Crippen LogP contribution in [0.25, 0.3) is 16.6 Å². The fourth-order valence-corrected chi connectivity index (χ4v) is 2.35. The normalized spacial score (nSPS) is 11.0. The van der Waals surface area contributed by atoms with Crippen LogP contribution in [0, 0.1) is 17.1 Å². The van der Waals surface area contributed by atoms with E-state index in [1.165, 1.54) is 29.5 Å². The van der Waals surface area contributed by atoms with Crippen LogP contribution >= 0.6 is 11.3 Å². The van der Waals surface area contributed by atoms with E-state index < -0.39 is 5.97 Å². The number of nitrogens with zero attached hydrogens (tertiary/aromatic N) is 2. The molecule has 106 valence electrons. The van der Waals surface area contributed by atoms with Crippen LogP contribution in [0.15, 0.2) is 35.2 Å². The van der Waals surface area contributed by atoms with Gasteiger partial charge in [-0.05, 0) is 37.3 Å². The number of rotatable bonds is 4. The Kier molecular flexibility index (Phi) is 4.80. The standard InChI is InChI=1S/C15H11FN2O2S/c1-2-20-15(19)11(8-17)7-13-9-21-14(18-13)10-3-5-12(16)6-4-10/h3-7,9H,2H2,1H3. The van der Waals surface area contributed by atoms with Crippen molar-refractivity contribution in [3.8, 4) is 16.6 Å². The van der Waals surface area contributed by atoms with E-state index in [2.05, 4.69) is 4.98 Å². The molecule has 2 rings (SSSR count). The lowest BCUT2D eigenvalue weighted by Gasteiger charge is -1.98. The summed E-state index contributed by atoms with van der Waals surface area (Å²) in [5.41, 5.74) is 1.16. The summed E-state index contributed by atoms with van der Waals surface area (Å²) < 4.78 is 17.6. The second kappa shape index (κ2) is 6.77. The molecule has 2 aromatic rings. The van der Waals surface area contributed by atoms with Crippen LogP contribution in [-0.4, -0.2) is 17.6 Å². The summed E-state index contributed by atoms with van der Waals surface area (Å²) in [5.74, 6) is -0.985. The molecule has 0 aliphatic heterocycles. The number of thiazole rings is 1. The maximum Gasteiger partial charge on any atom is 0.348 e. The molecule has 6 heteroatoms. The third kappa shape index (κ3) is 3.74. The molecule has 0 saturated heterocycles. The Hall–Kier alpha value is -2.52. The molecule has 0 aliphatic rings. The van der Waals surface area contributed by atoms with Crippen molar-refractivity contribution in [2.24, 2.45) is 0 Å². The average Bonchev–Trinajstić information content (AvgIpc) is 2.94. The quantitative estimate of drug-likeness (QED) is 0.493. The molecule has 0 aliphatic carbocycles. The molecule has 21 heavy (non-hydrogen) atoms. The van der Waals surface area contributed by atoms with Gasteiger partial charge in [0, 0.05) is 10.9 Å². The lowest BCUT2D eigenvalue weighted by molar-refractivity contribution is -0.137. The molecule has 0 saturated carbocycles. The van der Waals surface area contributed by atoms with Crippen molar-refractivity contribution in [2.75, 3.05) is 6.61 Å². The zero-order chi connectivity index (χ0) is 15.2. The van der Waals surface area contributed by atoms with E-state index >= 15 is 0 Å². The van der Waals surface area contributed by atoms with E-state index in [9.17, 15) is 9.18 Å². The van der Waals surface area contributed by atoms with Crippen LogP contribution in [0.5, 0.6) is 0 Å². The van der Waals surface area contributed by atoms with Crippen LogP contribution in [0.4, 0.5) is 4.39 Å². The Morgan fingerprint density at radius 2 is 2.19 bits per heavy atom. The van der Waals surface area contributed by atoms with E-state index in [-0.39, 0.29) is 18.0 Å². The second-order valence-electron chi connectivity index (χ2n) is 3.97. The molecule has 0 unspecified atom stereocenters. The number of hydrogen-bond donors (Lipinski definition) is 0. The van der Waals surface area contributed by atoms with Gasteiger partial charge in [0.1, 0.15) is 22.5 Å². The van der Waals surface area contributed by atoms with E-state index in [0.717, 1.165) is 5.56 Å². The topological polar surface area (TPSA) is 63.0 Å². The van der Waals surface area contributed by atoms with Gasteiger partial charge in [-0.1, -0.05) is 0 Å². The minimum Gasteiger partial charge on any atom is -0.462 e. The van der Waals surface area contributed by atoms with Gasteiger partial charge in [0.25, 0.3) is 0 Å². The first-order chi connectivity index (χ1) is 10.1. The highest BCUT2D eigenvalue weighted by Crippen LogP contribution is 2.24. The third-order valence-electron chi connectivity index (χ3n) is 2.52. The van der Waals surface area contributed by atoms with Crippen molar-refractivity contribution in [2.45, 2.75) is 6.92 Å². The molecule has 0 fully saturated rings. The van der Waals surface area contributed by atoms with Gasteiger partial charge in [0.2, 0.25) is 0 Å². The van der Waals surface area contributed by atoms with Gasteiger partial charge in [-0.15, -0.1) is 11.3 Å². The number of esters is 1. The molecule has 0 radical (unpaired) electrons. The lowest BCUT2D eigenvalue weighted by atomic mass is 10.2. The predicted octanol–water partition coefficient (Wildman–Crippen LogP) is 3.42. The van der Waals surface area contributed by atoms with Gasteiger partial charge in [-0.2, -0.15) is 5.26 Å². The highest BCUT2D eigenvalue weighted by Gasteiger charge is 2.11. The Balaban J connectivity index is 2.25. The highest BCUT2D eigenvalue weighted by atomic mass is 32.1. The van der Waals surface area contributed by atoms with Gasteiger partial charge in [0.15, 0.2) is 0 Å². The van der Waals surface area contributed by atoms with E-state index in [1.54, 1.807) is 30.5 Å². The zero-order valence-corrected chi connectivity index (χ0v) is 12.0. The number of carbonyl (C=O) groups is 1. The highest BCUT2D eigenvalue weighted by molar-refractivity contribution is 7.13. The predicted molar refractivity (Wildman–Crippen MR) is 77.7 cm³/mol. The summed E-state index contributed by atoms with van der Waals surface area (Å²) >= 11 is 1.35. The summed E-state index contributed by atoms with van der Waals surface area (Å²) in [6, 6.07) is 7.75. The summed E-state index contributed by atoms with van der Waals surface area (Å²) in [7, 11) is 0. The first-order valence-corrected chi connectivity index (χ1v) is 7.02. The van der Waals surface area contributed by atoms with Gasteiger partial charge in [-0.3, -0.25) is 0 Å². The molecule has 0 bridgehead atoms. The second-order valence-corrected chi connectivity index (χ2v) is 4.83. The maximum absolute atomic E-state index is 12.9. The molecular formula is C15H11FN2O2S. The Morgan fingerprint density at radius 3 is 2.81 bits per heavy atom. The van der Waals surface area contributed by atoms with E-state index in [1.807, 2.05) is 0 Å². The monoisotopic (exact) mass is 302 g/mol. The molecular weight excluding hydrogens is 291 g/mol. The number of halogens is 1. The lowest BCUT2D eigenvalue weighted by Crippen LogP contribution is -2.05. The number of aromatic nitrogens is 1. The number of benzene rings is 1. The van der Waals surface area contributed by atoms with E-state index in [4.69, 9.17) is 10.00 Å². The third-order valence-corrected chi connectivity index (χ3v) is 3.43. The molecule has 0 atom stereocenters. The van der Waals surface area contributed by atoms with Crippen LogP contribution in [0.2, 0.25) is 0 Å². The van der Waals surface area contributed by atoms with E-state index in [0.29, 0.717) is 10.7 Å². The molecule has 1 aromatic heterocycles. The summed E-state index contributed by atoms with van der Waals surface area (Å²) in [6.45, 7) is 1.87.